The van der Waals surface area contributed by atoms with E-state index < -0.39 is 0 Å². The van der Waals surface area contributed by atoms with Gasteiger partial charge in [-0.25, -0.2) is 0 Å². The Balaban J connectivity index is 3.18. The zero-order valence-electron chi connectivity index (χ0n) is 9.27. The third kappa shape index (κ3) is 6.69. The second-order valence-electron chi connectivity index (χ2n) is 4.19. The van der Waals surface area contributed by atoms with Crippen molar-refractivity contribution in [1.82, 2.24) is 0 Å². The number of hydrogen-bond donors (Lipinski definition) is 0. The van der Waals surface area contributed by atoms with E-state index in [9.17, 15) is 0 Å². The van der Waals surface area contributed by atoms with Crippen LogP contribution in [-0.4, -0.2) is 0 Å². The van der Waals surface area contributed by atoms with Crippen molar-refractivity contribution in [3.63, 3.8) is 0 Å². The molecule has 0 saturated heterocycles. The van der Waals surface area contributed by atoms with E-state index in [1.807, 2.05) is 0 Å². The van der Waals surface area contributed by atoms with Gasteiger partial charge in [-0.15, -0.1) is 0 Å². The summed E-state index contributed by atoms with van der Waals surface area (Å²) in [7, 11) is 0. The molecule has 0 aromatic heterocycles. The van der Waals surface area contributed by atoms with Crippen LogP contribution in [0.2, 0.25) is 0 Å². The largest absolute Gasteiger partial charge is 0.0651 e. The molecule has 1 radical (unpaired) electrons. The van der Waals surface area contributed by atoms with Crippen LogP contribution in [0.15, 0.2) is 0 Å². The number of rotatable bonds is 7. The van der Waals surface area contributed by atoms with Gasteiger partial charge in [-0.2, -0.15) is 0 Å². The monoisotopic (exact) mass is 169 g/mol. The summed E-state index contributed by atoms with van der Waals surface area (Å²) in [5.74, 6) is 1.84. The van der Waals surface area contributed by atoms with Crippen LogP contribution in [0.1, 0.15) is 59.8 Å². The molecule has 0 aromatic carbocycles. The van der Waals surface area contributed by atoms with E-state index >= 15 is 0 Å². The van der Waals surface area contributed by atoms with Crippen LogP contribution in [0.5, 0.6) is 0 Å². The molecule has 2 atom stereocenters. The van der Waals surface area contributed by atoms with Crippen LogP contribution >= 0.6 is 0 Å². The maximum atomic E-state index is 2.36. The van der Waals surface area contributed by atoms with E-state index in [0.717, 1.165) is 11.8 Å². The van der Waals surface area contributed by atoms with Crippen molar-refractivity contribution >= 4 is 0 Å². The molecule has 0 nitrogen and oxygen atoms in total. The van der Waals surface area contributed by atoms with Gasteiger partial charge in [-0.3, -0.25) is 0 Å². The quantitative estimate of drug-likeness (QED) is 0.528. The molecule has 12 heavy (non-hydrogen) atoms. The van der Waals surface area contributed by atoms with Crippen molar-refractivity contribution in [2.75, 3.05) is 0 Å². The SMILES string of the molecule is C[CH]CC(C)CCCC(C)CC. The van der Waals surface area contributed by atoms with E-state index in [1.165, 1.54) is 32.1 Å². The second kappa shape index (κ2) is 7.64. The van der Waals surface area contributed by atoms with Gasteiger partial charge in [0.1, 0.15) is 0 Å². The predicted octanol–water partition coefficient (Wildman–Crippen LogP) is 4.45. The van der Waals surface area contributed by atoms with Crippen molar-refractivity contribution in [1.29, 1.82) is 0 Å². The summed E-state index contributed by atoms with van der Waals surface area (Å²) in [6.07, 6.45) is 9.17. The highest BCUT2D eigenvalue weighted by molar-refractivity contribution is 4.63. The normalized spacial score (nSPS) is 16.0. The molecule has 0 saturated carbocycles. The van der Waals surface area contributed by atoms with E-state index in [0.29, 0.717) is 0 Å². The van der Waals surface area contributed by atoms with Gasteiger partial charge in [0.25, 0.3) is 0 Å². The van der Waals surface area contributed by atoms with Gasteiger partial charge in [0.15, 0.2) is 0 Å². The molecule has 0 amide bonds. The maximum absolute atomic E-state index is 2.36. The summed E-state index contributed by atoms with van der Waals surface area (Å²) >= 11 is 0. The standard InChI is InChI=1S/C12H25/c1-5-8-12(4)10-7-9-11(3)6-2/h5,11-12H,6-10H2,1-4H3. The second-order valence-corrected chi connectivity index (χ2v) is 4.19. The first-order valence-corrected chi connectivity index (χ1v) is 5.48. The molecule has 0 bridgehead atoms. The lowest BCUT2D eigenvalue weighted by atomic mass is 9.95. The van der Waals surface area contributed by atoms with Crippen molar-refractivity contribution in [2.45, 2.75) is 59.8 Å². The number of hydrogen-bond acceptors (Lipinski definition) is 0. The molecule has 0 aliphatic carbocycles. The molecule has 0 heteroatoms. The molecule has 2 unspecified atom stereocenters. The van der Waals surface area contributed by atoms with Crippen molar-refractivity contribution < 1.29 is 0 Å². The van der Waals surface area contributed by atoms with Gasteiger partial charge in [0, 0.05) is 0 Å². The summed E-state index contributed by atoms with van der Waals surface area (Å²) < 4.78 is 0. The maximum Gasteiger partial charge on any atom is -0.0414 e. The fraction of sp³-hybridized carbons (Fsp3) is 0.917. The third-order valence-corrected chi connectivity index (χ3v) is 2.73. The average Bonchev–Trinajstić information content (AvgIpc) is 2.04. The molecule has 0 N–H and O–H groups in total. The van der Waals surface area contributed by atoms with Gasteiger partial charge < -0.3 is 0 Å². The summed E-state index contributed by atoms with van der Waals surface area (Å²) in [6, 6.07) is 0. The molecule has 0 heterocycles. The minimum atomic E-state index is 0.902. The first kappa shape index (κ1) is 12.0. The van der Waals surface area contributed by atoms with Crippen molar-refractivity contribution in [2.24, 2.45) is 11.8 Å². The topological polar surface area (TPSA) is 0 Å². The van der Waals surface area contributed by atoms with Crippen LogP contribution in [0.25, 0.3) is 0 Å². The fourth-order valence-corrected chi connectivity index (χ4v) is 1.54. The highest BCUT2D eigenvalue weighted by Crippen LogP contribution is 2.17. The molecule has 0 fully saturated rings. The van der Waals surface area contributed by atoms with Crippen LogP contribution in [0.4, 0.5) is 0 Å². The van der Waals surface area contributed by atoms with E-state index in [-0.39, 0.29) is 0 Å². The van der Waals surface area contributed by atoms with Crippen molar-refractivity contribution in [3.05, 3.63) is 6.42 Å². The third-order valence-electron chi connectivity index (χ3n) is 2.73. The molecule has 73 valence electrons. The summed E-state index contributed by atoms with van der Waals surface area (Å²) in [4.78, 5) is 0. The lowest BCUT2D eigenvalue weighted by Crippen LogP contribution is -1.97. The summed E-state index contributed by atoms with van der Waals surface area (Å²) in [5.41, 5.74) is 0. The van der Waals surface area contributed by atoms with E-state index in [4.69, 9.17) is 0 Å². The van der Waals surface area contributed by atoms with Crippen LogP contribution in [-0.2, 0) is 0 Å². The van der Waals surface area contributed by atoms with Gasteiger partial charge in [-0.1, -0.05) is 53.4 Å². The van der Waals surface area contributed by atoms with Gasteiger partial charge >= 0.3 is 0 Å². The Morgan fingerprint density at radius 1 is 1.08 bits per heavy atom. The minimum Gasteiger partial charge on any atom is -0.0651 e. The summed E-state index contributed by atoms with van der Waals surface area (Å²) in [6.45, 7) is 9.16. The first-order chi connectivity index (χ1) is 5.70. The first-order valence-electron chi connectivity index (χ1n) is 5.48. The molecule has 0 aromatic rings. The Bertz CT molecular complexity index is 86.0. The van der Waals surface area contributed by atoms with E-state index in [1.54, 1.807) is 0 Å². The molecular weight excluding hydrogens is 144 g/mol. The Morgan fingerprint density at radius 3 is 2.17 bits per heavy atom. The van der Waals surface area contributed by atoms with Crippen LogP contribution in [0.3, 0.4) is 0 Å². The molecule has 0 aliphatic heterocycles. The highest BCUT2D eigenvalue weighted by atomic mass is 14.1. The molecule has 0 spiro atoms. The summed E-state index contributed by atoms with van der Waals surface area (Å²) in [5, 5.41) is 0. The molecule has 0 aliphatic rings. The lowest BCUT2D eigenvalue weighted by molar-refractivity contribution is 0.431. The zero-order valence-corrected chi connectivity index (χ0v) is 9.27. The fourth-order valence-electron chi connectivity index (χ4n) is 1.54. The smallest absolute Gasteiger partial charge is 0.0414 e. The predicted molar refractivity (Wildman–Crippen MR) is 57.1 cm³/mol. The Morgan fingerprint density at radius 2 is 1.67 bits per heavy atom. The zero-order chi connectivity index (χ0) is 9.40. The van der Waals surface area contributed by atoms with Crippen molar-refractivity contribution in [3.8, 4) is 0 Å². The van der Waals surface area contributed by atoms with Gasteiger partial charge in [0.2, 0.25) is 0 Å². The van der Waals surface area contributed by atoms with E-state index in [2.05, 4.69) is 34.1 Å². The van der Waals surface area contributed by atoms with Gasteiger partial charge in [0.05, 0.1) is 0 Å². The van der Waals surface area contributed by atoms with Crippen LogP contribution in [0, 0.1) is 18.3 Å². The Labute approximate surface area is 78.8 Å². The van der Waals surface area contributed by atoms with Crippen LogP contribution < -0.4 is 0 Å². The van der Waals surface area contributed by atoms with Gasteiger partial charge in [-0.05, 0) is 24.7 Å². The molecule has 0 rings (SSSR count). The highest BCUT2D eigenvalue weighted by Gasteiger charge is 2.02. The molecular formula is C12H25. The Kier molecular flexibility index (Phi) is 7.64. The lowest BCUT2D eigenvalue weighted by Gasteiger charge is -2.11. The minimum absolute atomic E-state index is 0.902. The Hall–Kier alpha value is 0. The average molecular weight is 169 g/mol.